The topological polar surface area (TPSA) is 682 Å². The van der Waals surface area contributed by atoms with Gasteiger partial charge in [0.05, 0.1) is 65.0 Å². The highest BCUT2D eigenvalue weighted by molar-refractivity contribution is 5.74. The Morgan fingerprint density at radius 2 is 0.784 bits per heavy atom. The molecule has 26 N–H and O–H groups in total. The molecule has 0 aromatic heterocycles. The van der Waals surface area contributed by atoms with E-state index in [0.717, 1.165) is 20.8 Å². The van der Waals surface area contributed by atoms with E-state index in [1.54, 1.807) is 0 Å². The van der Waals surface area contributed by atoms with Crippen molar-refractivity contribution in [3.8, 4) is 0 Å². The van der Waals surface area contributed by atoms with Gasteiger partial charge in [-0.25, -0.2) is 0 Å². The van der Waals surface area contributed by atoms with Crippen LogP contribution in [0.25, 0.3) is 0 Å². The molecule has 7 aliphatic heterocycles. The van der Waals surface area contributed by atoms with Crippen LogP contribution in [-0.4, -0.2) is 427 Å². The molecule has 0 bridgehead atoms. The fourth-order valence-electron chi connectivity index (χ4n) is 12.0. The number of rotatable bonds is 28. The summed E-state index contributed by atoms with van der Waals surface area (Å²) in [4.78, 5) is 37.8. The van der Waals surface area contributed by atoms with Crippen LogP contribution in [0, 0.1) is 0 Å². The average molecular weight is 1420 g/mol. The van der Waals surface area contributed by atoms with E-state index in [2.05, 4.69) is 16.0 Å². The summed E-state index contributed by atoms with van der Waals surface area (Å²) < 4.78 is 81.3. The molecule has 97 heavy (non-hydrogen) atoms. The zero-order valence-electron chi connectivity index (χ0n) is 52.4. The number of nitrogens with one attached hydrogen (secondary N) is 3. The lowest BCUT2D eigenvalue weighted by Crippen LogP contribution is -2.70. The molecule has 7 rings (SSSR count). The monoisotopic (exact) mass is 1420 g/mol. The number of carbonyl (C=O) groups is 3. The normalized spacial score (nSPS) is 46.5. The van der Waals surface area contributed by atoms with Gasteiger partial charge in [-0.3, -0.25) is 14.4 Å². The maximum atomic E-state index is 12.9. The Bertz CT molecular complexity index is 2440. The van der Waals surface area contributed by atoms with Crippen LogP contribution < -0.4 is 16.0 Å². The van der Waals surface area contributed by atoms with E-state index in [-0.39, 0.29) is 0 Å². The lowest BCUT2D eigenvalue weighted by Gasteiger charge is -2.50. The second kappa shape index (κ2) is 35.9. The summed E-state index contributed by atoms with van der Waals surface area (Å²) in [5, 5.41) is 258. The van der Waals surface area contributed by atoms with Crippen LogP contribution in [0.1, 0.15) is 27.7 Å². The van der Waals surface area contributed by atoms with Crippen LogP contribution in [0.4, 0.5) is 0 Å². The summed E-state index contributed by atoms with van der Waals surface area (Å²) in [7, 11) is 0. The van der Waals surface area contributed by atoms with Crippen molar-refractivity contribution < 1.29 is 198 Å². The van der Waals surface area contributed by atoms with Gasteiger partial charge in [-0.15, -0.1) is 0 Å². The Hall–Kier alpha value is -3.07. The van der Waals surface area contributed by atoms with Crippen LogP contribution in [0.5, 0.6) is 0 Å². The van der Waals surface area contributed by atoms with Gasteiger partial charge < -0.3 is 200 Å². The second-order valence-electron chi connectivity index (χ2n) is 24.4. The summed E-state index contributed by atoms with van der Waals surface area (Å²) in [6.07, 6.45) is -72.0. The highest BCUT2D eigenvalue weighted by atomic mass is 16.8. The van der Waals surface area contributed by atoms with E-state index in [0.29, 0.717) is 0 Å². The first-order valence-corrected chi connectivity index (χ1v) is 30.9. The van der Waals surface area contributed by atoms with Crippen LogP contribution in [0.3, 0.4) is 0 Å². The zero-order chi connectivity index (χ0) is 71.9. The summed E-state index contributed by atoms with van der Waals surface area (Å²) in [5.41, 5.74) is 0. The Kier molecular flexibility index (Phi) is 30.1. The Balaban J connectivity index is 1.18. The van der Waals surface area contributed by atoms with Crippen LogP contribution in [0.15, 0.2) is 0 Å². The van der Waals surface area contributed by atoms with E-state index in [4.69, 9.17) is 66.3 Å². The van der Waals surface area contributed by atoms with E-state index < -0.39 is 310 Å². The second-order valence-corrected chi connectivity index (χ2v) is 24.4. The van der Waals surface area contributed by atoms with E-state index in [1.165, 1.54) is 6.92 Å². The maximum absolute atomic E-state index is 12.9. The molecule has 0 aromatic carbocycles. The summed E-state index contributed by atoms with van der Waals surface area (Å²) in [6, 6.07) is -5.48. The van der Waals surface area contributed by atoms with Crippen molar-refractivity contribution in [3.05, 3.63) is 0 Å². The molecule has 0 radical (unpaired) electrons. The number of hydrogen-bond donors (Lipinski definition) is 26. The molecule has 7 aliphatic rings. The van der Waals surface area contributed by atoms with Crippen LogP contribution >= 0.6 is 0 Å². The molecule has 43 heteroatoms. The quantitative estimate of drug-likeness (QED) is 0.0346. The van der Waals surface area contributed by atoms with Gasteiger partial charge in [-0.1, -0.05) is 0 Å². The molecule has 43 nitrogen and oxygen atoms in total. The van der Waals surface area contributed by atoms with Crippen molar-refractivity contribution in [3.63, 3.8) is 0 Å². The van der Waals surface area contributed by atoms with Gasteiger partial charge in [-0.05, 0) is 6.92 Å². The fraction of sp³-hybridized carbons (Fsp3) is 0.944. The van der Waals surface area contributed by atoms with Crippen LogP contribution in [0.2, 0.25) is 0 Å². The minimum atomic E-state index is -2.41. The summed E-state index contributed by atoms with van der Waals surface area (Å²) in [6.45, 7) is -4.18. The van der Waals surface area contributed by atoms with Gasteiger partial charge in [-0.2, -0.15) is 0 Å². The Morgan fingerprint density at radius 1 is 0.381 bits per heavy atom. The van der Waals surface area contributed by atoms with Gasteiger partial charge >= 0.3 is 0 Å². The fourth-order valence-corrected chi connectivity index (χ4v) is 12.0. The Labute approximate surface area is 550 Å². The van der Waals surface area contributed by atoms with Crippen molar-refractivity contribution in [2.45, 2.75) is 267 Å². The molecule has 39 atom stereocenters. The number of aliphatic hydroxyl groups excluding tert-OH is 23. The molecular weight excluding hydrogens is 1330 g/mol. The molecule has 0 aromatic rings. The van der Waals surface area contributed by atoms with Crippen molar-refractivity contribution in [2.75, 3.05) is 52.9 Å². The van der Waals surface area contributed by atoms with E-state index >= 15 is 0 Å². The van der Waals surface area contributed by atoms with Gasteiger partial charge in [0.2, 0.25) is 17.7 Å². The molecule has 7 fully saturated rings. The summed E-state index contributed by atoms with van der Waals surface area (Å²) in [5.74, 6) is -2.67. The third kappa shape index (κ3) is 18.7. The number of hydrogen-bond acceptors (Lipinski definition) is 40. The minimum Gasteiger partial charge on any atom is -0.394 e. The zero-order valence-corrected chi connectivity index (χ0v) is 52.4. The van der Waals surface area contributed by atoms with Gasteiger partial charge in [0.1, 0.15) is 183 Å². The largest absolute Gasteiger partial charge is 0.394 e. The molecule has 564 valence electrons. The summed E-state index contributed by atoms with van der Waals surface area (Å²) >= 11 is 0. The average Bonchev–Trinajstić information content (AvgIpc) is 0.777. The van der Waals surface area contributed by atoms with Crippen molar-refractivity contribution in [2.24, 2.45) is 0 Å². The van der Waals surface area contributed by atoms with Crippen molar-refractivity contribution >= 4 is 17.7 Å². The standard InChI is InChI=1S/C54H93N3O40/c1-13-27(68)35(76)39(80)50(86-13)84-11-18(67)43(28(69)17(5-58)55-14(2)64)93-48-25(56-15(3)65)33(74)45(23(10-63)90-48)95-53-42(83)46(96-52-41(82)37(78)30(71)20(7-60)88-52)32(73)24(92-53)12-85-54-47(38(79)31(72)21(8-61)89-54)97-49-26(57-16(4)66)34(75)44(22(9-62)91-49)94-51-40(81)36(77)29(70)19(6-59)87-51/h13,17-54,58-63,67-83H,5-12H2,1-4H3,(H,55,64)(H,56,65)(H,57,66)/t13-,17-,18+,19+,20+,21+,22+,23+,24+,25+,26+,27+,28+,29-,30+,31+,32+,33+,34+,35+,36-,37-,38-,39-,40+,41-,42-,43+,44+,45+,46-,47-,48?,49?,50?,51?,52?,53?,54?/m0/s1. The highest BCUT2D eigenvalue weighted by Crippen LogP contribution is 2.37. The third-order valence-corrected chi connectivity index (χ3v) is 17.4. The highest BCUT2D eigenvalue weighted by Gasteiger charge is 2.58. The molecule has 7 unspecified atom stereocenters. The first kappa shape index (κ1) is 81.2. The molecule has 0 aliphatic carbocycles. The molecule has 7 saturated heterocycles. The number of ether oxygens (including phenoxy) is 14. The van der Waals surface area contributed by atoms with E-state index in [1.807, 2.05) is 0 Å². The van der Waals surface area contributed by atoms with Gasteiger partial charge in [0.25, 0.3) is 0 Å². The van der Waals surface area contributed by atoms with Crippen molar-refractivity contribution in [1.29, 1.82) is 0 Å². The molecule has 0 spiro atoms. The predicted molar refractivity (Wildman–Crippen MR) is 300 cm³/mol. The molecule has 7 heterocycles. The first-order valence-electron chi connectivity index (χ1n) is 30.9. The first-order chi connectivity index (χ1) is 45.8. The number of carbonyl (C=O) groups excluding carboxylic acids is 3. The van der Waals surface area contributed by atoms with Gasteiger partial charge in [0.15, 0.2) is 44.0 Å². The van der Waals surface area contributed by atoms with Gasteiger partial charge in [0, 0.05) is 20.8 Å². The lowest BCUT2D eigenvalue weighted by atomic mass is 9.94. The van der Waals surface area contributed by atoms with E-state index in [9.17, 15) is 132 Å². The van der Waals surface area contributed by atoms with Crippen molar-refractivity contribution in [1.82, 2.24) is 16.0 Å². The third-order valence-electron chi connectivity index (χ3n) is 17.4. The molecule has 3 amide bonds. The molecular formula is C54H93N3O40. The number of aliphatic hydroxyl groups is 23. The minimum absolute atomic E-state index is 0.822. The predicted octanol–water partition coefficient (Wildman–Crippen LogP) is -17.4. The maximum Gasteiger partial charge on any atom is 0.217 e. The lowest BCUT2D eigenvalue weighted by molar-refractivity contribution is -0.388. The Morgan fingerprint density at radius 3 is 1.26 bits per heavy atom. The number of amides is 3. The molecule has 0 saturated carbocycles. The SMILES string of the molecule is CC(=O)N[C@@H](CO)[C@@H](O)[C@H](OC1O[C@H](CO)[C@@H](OC2O[C@H](COC3O[C@H](CO)[C@@H](O)[C@H](O)[C@@H]3OC3O[C@H](CO)[C@@H](OC4O[C@H](CO)[C@H](O)[C@H](O)[C@H]4O)[C@H](O)[C@H]3NC(C)=O)[C@@H](O)[C@H](OC3O[C@H](CO)[C@@H](O)[C@H](O)[C@@H]3O)[C@@H]2O)[C@H](O)[C@H]1NC(C)=O)[C@H](O)COC1O[C@@H](C)[C@@H](O)[C@@H](O)[C@@H]1O. The van der Waals surface area contributed by atoms with Crippen LogP contribution in [-0.2, 0) is 80.7 Å². The smallest absolute Gasteiger partial charge is 0.217 e.